The zero-order valence-corrected chi connectivity index (χ0v) is 25.6. The second-order valence-corrected chi connectivity index (χ2v) is 15.2. The van der Waals surface area contributed by atoms with Crippen molar-refractivity contribution in [1.29, 1.82) is 0 Å². The fourth-order valence-corrected chi connectivity index (χ4v) is 10.5. The van der Waals surface area contributed by atoms with Gasteiger partial charge in [-0.3, -0.25) is 14.5 Å². The Balaban J connectivity index is 1.04. The fraction of sp³-hybridized carbons (Fsp3) is 0.882. The van der Waals surface area contributed by atoms with Crippen molar-refractivity contribution in [3.05, 3.63) is 11.8 Å². The second-order valence-electron chi connectivity index (χ2n) is 15.2. The molecule has 43 heavy (non-hydrogen) atoms. The first-order valence-electron chi connectivity index (χ1n) is 17.7. The molecule has 0 aromatic heterocycles. The number of nitrogens with zero attached hydrogens (tertiary/aromatic N) is 2. The van der Waals surface area contributed by atoms with Gasteiger partial charge in [-0.25, -0.2) is 4.39 Å². The molecule has 9 heteroatoms. The van der Waals surface area contributed by atoms with Crippen LogP contribution in [0.1, 0.15) is 70.6 Å². The highest BCUT2D eigenvalue weighted by molar-refractivity contribution is 6.20. The number of fused-ring (bicyclic) bond motifs is 5. The van der Waals surface area contributed by atoms with Crippen LogP contribution in [0.5, 0.6) is 0 Å². The summed E-state index contributed by atoms with van der Waals surface area (Å²) in [7, 11) is 0. The molecule has 3 aliphatic heterocycles. The molecule has 8 nitrogen and oxygen atoms in total. The summed E-state index contributed by atoms with van der Waals surface area (Å²) in [5.41, 5.74) is 0.245. The highest BCUT2D eigenvalue weighted by Crippen LogP contribution is 2.57. The molecule has 11 atom stereocenters. The quantitative estimate of drug-likeness (QED) is 0.328. The molecule has 3 heterocycles. The number of morpholine rings is 2. The number of rotatable bonds is 8. The third-order valence-corrected chi connectivity index (χ3v) is 12.7. The predicted octanol–water partition coefficient (Wildman–Crippen LogP) is 3.06. The summed E-state index contributed by atoms with van der Waals surface area (Å²) in [5.74, 6) is 2.59. The molecule has 8 aliphatic rings. The van der Waals surface area contributed by atoms with Crippen molar-refractivity contribution in [1.82, 2.24) is 20.4 Å². The van der Waals surface area contributed by atoms with Gasteiger partial charge in [0.25, 0.3) is 5.91 Å². The van der Waals surface area contributed by atoms with Gasteiger partial charge in [-0.2, -0.15) is 0 Å². The summed E-state index contributed by atoms with van der Waals surface area (Å²) < 4.78 is 28.6. The first-order chi connectivity index (χ1) is 21.0. The van der Waals surface area contributed by atoms with Crippen molar-refractivity contribution in [2.75, 3.05) is 45.9 Å². The Bertz CT molecular complexity index is 1090. The van der Waals surface area contributed by atoms with E-state index in [-0.39, 0.29) is 41.9 Å². The molecule has 1 amide bonds. The Labute approximate surface area is 255 Å². The van der Waals surface area contributed by atoms with Crippen molar-refractivity contribution < 1.29 is 23.5 Å². The maximum absolute atomic E-state index is 16.1. The molecule has 5 aliphatic carbocycles. The van der Waals surface area contributed by atoms with E-state index in [0.717, 1.165) is 83.3 Å². The fourth-order valence-electron chi connectivity index (χ4n) is 10.5. The summed E-state index contributed by atoms with van der Waals surface area (Å²) in [6, 6.07) is -0.495. The number of alkyl halides is 1. The lowest BCUT2D eigenvalue weighted by Gasteiger charge is -2.60. The van der Waals surface area contributed by atoms with E-state index in [1.54, 1.807) is 0 Å². The molecule has 0 bridgehead atoms. The number of halogens is 1. The van der Waals surface area contributed by atoms with Crippen LogP contribution in [0.4, 0.5) is 4.39 Å². The van der Waals surface area contributed by atoms with Crippen molar-refractivity contribution in [3.8, 4) is 0 Å². The van der Waals surface area contributed by atoms with Gasteiger partial charge in [-0.1, -0.05) is 19.3 Å². The normalized spacial score (nSPS) is 44.1. The van der Waals surface area contributed by atoms with Crippen molar-refractivity contribution >= 4 is 11.7 Å². The summed E-state index contributed by atoms with van der Waals surface area (Å²) >= 11 is 0. The van der Waals surface area contributed by atoms with Gasteiger partial charge in [0.1, 0.15) is 6.17 Å². The number of ketones is 1. The van der Waals surface area contributed by atoms with E-state index < -0.39 is 24.2 Å². The summed E-state index contributed by atoms with van der Waals surface area (Å²) in [6.07, 6.45) is 12.6. The van der Waals surface area contributed by atoms with Crippen LogP contribution in [-0.4, -0.2) is 104 Å². The van der Waals surface area contributed by atoms with Gasteiger partial charge in [-0.15, -0.1) is 0 Å². The van der Waals surface area contributed by atoms with Crippen molar-refractivity contribution in [3.63, 3.8) is 0 Å². The zero-order valence-electron chi connectivity index (χ0n) is 25.6. The molecule has 8 rings (SSSR count). The number of Topliss-reactive ketones (excluding diaryl/α,β-unsaturated/α-hetero) is 1. The molecule has 0 radical (unpaired) electrons. The number of nitrogens with one attached hydrogen (secondary N) is 2. The monoisotopic (exact) mass is 598 g/mol. The predicted molar refractivity (Wildman–Crippen MR) is 160 cm³/mol. The first kappa shape index (κ1) is 28.9. The third-order valence-electron chi connectivity index (χ3n) is 12.7. The third kappa shape index (κ3) is 5.48. The Hall–Kier alpha value is -1.55. The molecule has 0 aromatic carbocycles. The van der Waals surface area contributed by atoms with E-state index in [4.69, 9.17) is 9.47 Å². The topological polar surface area (TPSA) is 83.1 Å². The molecule has 7 fully saturated rings. The van der Waals surface area contributed by atoms with E-state index in [1.807, 2.05) is 6.20 Å². The van der Waals surface area contributed by atoms with E-state index >= 15 is 4.39 Å². The Morgan fingerprint density at radius 1 is 1.00 bits per heavy atom. The maximum Gasteiger partial charge on any atom is 0.256 e. The number of ether oxygens (including phenoxy) is 2. The minimum absolute atomic E-state index is 0.0199. The lowest BCUT2D eigenvalue weighted by Crippen LogP contribution is -2.73. The summed E-state index contributed by atoms with van der Waals surface area (Å²) in [5, 5.41) is 6.61. The van der Waals surface area contributed by atoms with Crippen molar-refractivity contribution in [2.24, 2.45) is 35.5 Å². The van der Waals surface area contributed by atoms with Gasteiger partial charge in [0.2, 0.25) is 0 Å². The van der Waals surface area contributed by atoms with Crippen LogP contribution in [0.15, 0.2) is 11.8 Å². The summed E-state index contributed by atoms with van der Waals surface area (Å²) in [4.78, 5) is 32.1. The van der Waals surface area contributed by atoms with Crippen LogP contribution < -0.4 is 10.6 Å². The van der Waals surface area contributed by atoms with Crippen LogP contribution >= 0.6 is 0 Å². The van der Waals surface area contributed by atoms with Crippen LogP contribution in [-0.2, 0) is 19.1 Å². The van der Waals surface area contributed by atoms with Crippen LogP contribution in [0.2, 0.25) is 0 Å². The minimum Gasteiger partial charge on any atom is -0.379 e. The molecule has 0 aromatic rings. The standard InChI is InChI=1S/C34H51FN4O4/c35-27-16-25-31-33(30(27)36-8-3-9-38-10-12-42-13-11-38)43-29-15-22-14-21-4-1-2-5-23(21)24(22)17-28(29)39(31)19-26(32(25)40)34(41)37-18-20-6-7-20/h19-25,27-31,33,36H,1-18H2,(H,37,41). The molecular formula is C34H51FN4O4. The Morgan fingerprint density at radius 2 is 1.84 bits per heavy atom. The summed E-state index contributed by atoms with van der Waals surface area (Å²) in [6.45, 7) is 5.80. The van der Waals surface area contributed by atoms with Crippen LogP contribution in [0, 0.1) is 35.5 Å². The van der Waals surface area contributed by atoms with Gasteiger partial charge >= 0.3 is 0 Å². The van der Waals surface area contributed by atoms with E-state index in [2.05, 4.69) is 20.4 Å². The van der Waals surface area contributed by atoms with Gasteiger partial charge in [0, 0.05) is 31.8 Å². The van der Waals surface area contributed by atoms with E-state index in [0.29, 0.717) is 24.3 Å². The van der Waals surface area contributed by atoms with Gasteiger partial charge in [-0.05, 0) is 94.0 Å². The zero-order chi connectivity index (χ0) is 29.1. The van der Waals surface area contributed by atoms with E-state index in [9.17, 15) is 9.59 Å². The van der Waals surface area contributed by atoms with Crippen molar-refractivity contribution in [2.45, 2.75) is 107 Å². The number of amides is 1. The van der Waals surface area contributed by atoms with Gasteiger partial charge in [0.15, 0.2) is 5.78 Å². The molecular weight excluding hydrogens is 547 g/mol. The van der Waals surface area contributed by atoms with Gasteiger partial charge < -0.3 is 25.0 Å². The second kappa shape index (κ2) is 12.0. The molecule has 0 spiro atoms. The molecule has 238 valence electrons. The highest BCUT2D eigenvalue weighted by atomic mass is 19.1. The highest BCUT2D eigenvalue weighted by Gasteiger charge is 2.61. The maximum atomic E-state index is 16.1. The average Bonchev–Trinajstić information content (AvgIpc) is 3.79. The van der Waals surface area contributed by atoms with Gasteiger partial charge in [0.05, 0.1) is 49.1 Å². The molecule has 5 saturated carbocycles. The Morgan fingerprint density at radius 3 is 2.67 bits per heavy atom. The number of hydrogen-bond acceptors (Lipinski definition) is 7. The lowest BCUT2D eigenvalue weighted by molar-refractivity contribution is -0.206. The molecule has 11 unspecified atom stereocenters. The largest absolute Gasteiger partial charge is 0.379 e. The number of carbonyl (C=O) groups is 2. The first-order valence-corrected chi connectivity index (χ1v) is 17.7. The average molecular weight is 599 g/mol. The number of carbonyl (C=O) groups excluding carboxylic acids is 2. The van der Waals surface area contributed by atoms with Crippen LogP contribution in [0.3, 0.4) is 0 Å². The molecule has 2 N–H and O–H groups in total. The van der Waals surface area contributed by atoms with E-state index in [1.165, 1.54) is 32.1 Å². The number of hydrogen-bond donors (Lipinski definition) is 2. The lowest BCUT2D eigenvalue weighted by atomic mass is 9.66. The Kier molecular flexibility index (Phi) is 8.06. The minimum atomic E-state index is -1.18. The SMILES string of the molecule is O=C(NCC1CC1)C1=CN2C3CC4C(CC5CCCCC54)CC3OC3C(NCCCN4CCOCC4)C(F)CC(C1=O)C32. The molecule has 2 saturated heterocycles. The smallest absolute Gasteiger partial charge is 0.256 e. The van der Waals surface area contributed by atoms with Crippen LogP contribution in [0.25, 0.3) is 0 Å².